The number of rotatable bonds is 11. The van der Waals surface area contributed by atoms with Gasteiger partial charge in [-0.05, 0) is 92.5 Å². The van der Waals surface area contributed by atoms with Crippen molar-refractivity contribution in [1.82, 2.24) is 40.3 Å². The number of nitrogens with zero attached hydrogens (tertiary/aromatic N) is 5. The molecule has 1 aliphatic rings. The van der Waals surface area contributed by atoms with E-state index in [1.165, 1.54) is 37.8 Å². The van der Waals surface area contributed by atoms with E-state index in [0.717, 1.165) is 58.7 Å². The van der Waals surface area contributed by atoms with Gasteiger partial charge in [-0.2, -0.15) is 5.10 Å². The van der Waals surface area contributed by atoms with Crippen LogP contribution in [0.5, 0.6) is 5.75 Å². The summed E-state index contributed by atoms with van der Waals surface area (Å²) in [6.45, 7) is 3.06. The van der Waals surface area contributed by atoms with Crippen LogP contribution in [0.1, 0.15) is 31.2 Å². The molecule has 1 saturated carbocycles. The maximum atomic E-state index is 14.7. The lowest BCUT2D eigenvalue weighted by Crippen LogP contribution is -2.20. The number of hydrogen-bond acceptors (Lipinski definition) is 7. The second-order valence-corrected chi connectivity index (χ2v) is 12.2. The Morgan fingerprint density at radius 1 is 1.00 bits per heavy atom. The van der Waals surface area contributed by atoms with Crippen molar-refractivity contribution in [2.75, 3.05) is 33.8 Å². The van der Waals surface area contributed by atoms with Crippen molar-refractivity contribution >= 4 is 22.1 Å². The van der Waals surface area contributed by atoms with Crippen LogP contribution in [0.3, 0.4) is 0 Å². The molecule has 3 N–H and O–H groups in total. The summed E-state index contributed by atoms with van der Waals surface area (Å²) in [5.74, 6) is 1.48. The van der Waals surface area contributed by atoms with Gasteiger partial charge in [0.2, 0.25) is 0 Å². The summed E-state index contributed by atoms with van der Waals surface area (Å²) >= 11 is 0. The van der Waals surface area contributed by atoms with Gasteiger partial charge in [-0.3, -0.25) is 10.1 Å². The average Bonchev–Trinajstić information content (AvgIpc) is 3.80. The van der Waals surface area contributed by atoms with Crippen LogP contribution in [0.15, 0.2) is 67.1 Å². The molecular weight excluding hydrogens is 567 g/mol. The molecule has 1 fully saturated rings. The zero-order valence-electron chi connectivity index (χ0n) is 25.6. The van der Waals surface area contributed by atoms with Crippen molar-refractivity contribution in [2.45, 2.75) is 32.2 Å². The maximum absolute atomic E-state index is 14.7. The van der Waals surface area contributed by atoms with Crippen LogP contribution in [-0.4, -0.2) is 68.8 Å². The normalized spacial score (nSPS) is 13.9. The molecule has 0 radical (unpaired) electrons. The van der Waals surface area contributed by atoms with E-state index in [9.17, 15) is 4.39 Å². The number of ether oxygens (including phenoxy) is 1. The first-order chi connectivity index (χ1) is 22.0. The van der Waals surface area contributed by atoms with Crippen molar-refractivity contribution in [3.63, 3.8) is 0 Å². The Morgan fingerprint density at radius 3 is 2.76 bits per heavy atom. The Balaban J connectivity index is 1.17. The Hall–Kier alpha value is -4.67. The van der Waals surface area contributed by atoms with E-state index in [1.807, 2.05) is 49.6 Å². The van der Waals surface area contributed by atoms with Gasteiger partial charge < -0.3 is 19.9 Å². The molecule has 0 amide bonds. The molecule has 45 heavy (non-hydrogen) atoms. The van der Waals surface area contributed by atoms with Crippen LogP contribution < -0.4 is 10.1 Å². The number of likely N-dealkylation sites (N-methyl/N-ethyl adjacent to an activating group) is 1. The number of imidazole rings is 1. The van der Waals surface area contributed by atoms with Crippen LogP contribution in [-0.2, 0) is 6.54 Å². The van der Waals surface area contributed by atoms with Gasteiger partial charge in [-0.1, -0.05) is 18.9 Å². The fourth-order valence-corrected chi connectivity index (χ4v) is 6.15. The van der Waals surface area contributed by atoms with E-state index in [0.29, 0.717) is 40.6 Å². The molecule has 4 aromatic heterocycles. The van der Waals surface area contributed by atoms with Crippen LogP contribution in [0.25, 0.3) is 55.8 Å². The van der Waals surface area contributed by atoms with Crippen molar-refractivity contribution < 1.29 is 9.13 Å². The summed E-state index contributed by atoms with van der Waals surface area (Å²) in [5.41, 5.74) is 7.49. The highest BCUT2D eigenvalue weighted by atomic mass is 19.1. The number of aromatic nitrogens is 6. The lowest BCUT2D eigenvalue weighted by Gasteiger charge is -2.12. The quantitative estimate of drug-likeness (QED) is 0.153. The Kier molecular flexibility index (Phi) is 8.23. The number of aromatic amines is 2. The van der Waals surface area contributed by atoms with Gasteiger partial charge in [0.15, 0.2) is 11.5 Å². The van der Waals surface area contributed by atoms with Crippen LogP contribution in [0.4, 0.5) is 4.39 Å². The summed E-state index contributed by atoms with van der Waals surface area (Å²) in [5, 5.41) is 12.3. The van der Waals surface area contributed by atoms with E-state index in [-0.39, 0.29) is 5.82 Å². The van der Waals surface area contributed by atoms with Gasteiger partial charge in [0.05, 0.1) is 5.52 Å². The molecule has 0 unspecified atom stereocenters. The molecule has 10 heteroatoms. The summed E-state index contributed by atoms with van der Waals surface area (Å²) in [6, 6.07) is 15.0. The molecule has 0 spiro atoms. The molecule has 0 saturated heterocycles. The number of pyridine rings is 2. The first-order valence-corrected chi connectivity index (χ1v) is 15.6. The monoisotopic (exact) mass is 604 g/mol. The highest BCUT2D eigenvalue weighted by Gasteiger charge is 2.18. The van der Waals surface area contributed by atoms with Gasteiger partial charge in [-0.15, -0.1) is 0 Å². The van der Waals surface area contributed by atoms with Crippen LogP contribution in [0.2, 0.25) is 0 Å². The van der Waals surface area contributed by atoms with E-state index < -0.39 is 0 Å². The molecule has 0 bridgehead atoms. The maximum Gasteiger partial charge on any atom is 0.160 e. The number of benzene rings is 2. The van der Waals surface area contributed by atoms with Crippen molar-refractivity contribution in [2.24, 2.45) is 5.92 Å². The predicted molar refractivity (Wildman–Crippen MR) is 175 cm³/mol. The first-order valence-electron chi connectivity index (χ1n) is 15.6. The number of fused-ring (bicyclic) bond motifs is 2. The lowest BCUT2D eigenvalue weighted by atomic mass is 10.0. The van der Waals surface area contributed by atoms with E-state index >= 15 is 0 Å². The van der Waals surface area contributed by atoms with Crippen molar-refractivity contribution in [1.29, 1.82) is 0 Å². The van der Waals surface area contributed by atoms with Gasteiger partial charge >= 0.3 is 0 Å². The van der Waals surface area contributed by atoms with E-state index in [4.69, 9.17) is 9.72 Å². The minimum atomic E-state index is -0.373. The highest BCUT2D eigenvalue weighted by Crippen LogP contribution is 2.34. The molecule has 0 aliphatic heterocycles. The highest BCUT2D eigenvalue weighted by molar-refractivity contribution is 5.97. The molecule has 6 aromatic rings. The fraction of sp³-hybridized carbons (Fsp3) is 0.314. The molecule has 2 aromatic carbocycles. The fourth-order valence-electron chi connectivity index (χ4n) is 6.15. The zero-order chi connectivity index (χ0) is 30.8. The molecule has 4 heterocycles. The second kappa shape index (κ2) is 12.7. The second-order valence-electron chi connectivity index (χ2n) is 12.2. The summed E-state index contributed by atoms with van der Waals surface area (Å²) in [6.07, 6.45) is 10.9. The molecule has 0 atom stereocenters. The summed E-state index contributed by atoms with van der Waals surface area (Å²) in [4.78, 5) is 19.3. The smallest absolute Gasteiger partial charge is 0.160 e. The summed E-state index contributed by atoms with van der Waals surface area (Å²) < 4.78 is 20.5. The van der Waals surface area contributed by atoms with Crippen molar-refractivity contribution in [3.05, 3.63) is 78.5 Å². The molecular formula is C35H37FN8O. The first kappa shape index (κ1) is 29.1. The third kappa shape index (κ3) is 6.43. The van der Waals surface area contributed by atoms with Gasteiger partial charge in [0, 0.05) is 54.3 Å². The van der Waals surface area contributed by atoms with E-state index in [1.54, 1.807) is 6.20 Å². The van der Waals surface area contributed by atoms with Crippen molar-refractivity contribution in [3.8, 4) is 39.5 Å². The van der Waals surface area contributed by atoms with Gasteiger partial charge in [-0.25, -0.2) is 14.4 Å². The third-order valence-electron chi connectivity index (χ3n) is 8.53. The Bertz CT molecular complexity index is 1940. The molecule has 230 valence electrons. The van der Waals surface area contributed by atoms with Crippen LogP contribution in [0, 0.1) is 11.7 Å². The SMILES string of the molecule is CN(C)CCOc1cc(F)cc(-c2ccnc3[nH]c(-c4n[nH]c5ccc(-c6cncc(CNCC7CCCC7)c6)cc45)nc23)c1. The minimum absolute atomic E-state index is 0.373. The number of hydrogen-bond donors (Lipinski definition) is 3. The van der Waals surface area contributed by atoms with Gasteiger partial charge in [0.1, 0.15) is 29.4 Å². The topological polar surface area (TPSA) is 108 Å². The molecule has 1 aliphatic carbocycles. The average molecular weight is 605 g/mol. The summed E-state index contributed by atoms with van der Waals surface area (Å²) in [7, 11) is 3.94. The minimum Gasteiger partial charge on any atom is -0.492 e. The van der Waals surface area contributed by atoms with Crippen LogP contribution >= 0.6 is 0 Å². The zero-order valence-corrected chi connectivity index (χ0v) is 25.6. The lowest BCUT2D eigenvalue weighted by molar-refractivity contribution is 0.260. The Labute approximate surface area is 261 Å². The number of H-pyrrole nitrogens is 2. The molecule has 7 rings (SSSR count). The standard InChI is InChI=1S/C35H37FN8O/c1-44(2)11-12-45-28-15-25(14-27(36)17-28)29-9-10-39-34-32(29)40-35(41-34)33-30-16-24(7-8-31(30)42-43-33)26-13-23(20-38-21-26)19-37-18-22-5-3-4-6-22/h7-10,13-17,20-22,37H,3-6,11-12,18-19H2,1-2H3,(H,42,43)(H,39,40,41). The third-order valence-corrected chi connectivity index (χ3v) is 8.53. The predicted octanol–water partition coefficient (Wildman–Crippen LogP) is 6.59. The molecule has 9 nitrogen and oxygen atoms in total. The van der Waals surface area contributed by atoms with E-state index in [2.05, 4.69) is 48.7 Å². The van der Waals surface area contributed by atoms with Gasteiger partial charge in [0.25, 0.3) is 0 Å². The number of nitrogens with one attached hydrogen (secondary N) is 3. The number of halogens is 1. The largest absolute Gasteiger partial charge is 0.492 e. The Morgan fingerprint density at radius 2 is 1.89 bits per heavy atom.